The van der Waals surface area contributed by atoms with Crippen molar-refractivity contribution in [2.24, 2.45) is 0 Å². The van der Waals surface area contributed by atoms with Gasteiger partial charge in [0.25, 0.3) is 0 Å². The van der Waals surface area contributed by atoms with Gasteiger partial charge in [-0.2, -0.15) is 0 Å². The lowest BCUT2D eigenvalue weighted by Gasteiger charge is -2.26. The first-order valence-corrected chi connectivity index (χ1v) is 7.17. The molecule has 1 aliphatic heterocycles. The number of hydrogen-bond donors (Lipinski definition) is 1. The van der Waals surface area contributed by atoms with E-state index < -0.39 is 0 Å². The van der Waals surface area contributed by atoms with Gasteiger partial charge in [-0.25, -0.2) is 4.98 Å². The van der Waals surface area contributed by atoms with E-state index in [9.17, 15) is 0 Å². The zero-order chi connectivity index (χ0) is 14.8. The molecule has 0 bridgehead atoms. The Morgan fingerprint density at radius 3 is 2.95 bits per heavy atom. The fourth-order valence-corrected chi connectivity index (χ4v) is 2.94. The largest absolute Gasteiger partial charge is 0.496 e. The lowest BCUT2D eigenvalue weighted by Crippen LogP contribution is -2.24. The van der Waals surface area contributed by atoms with Crippen LogP contribution in [0.4, 0.5) is 11.6 Å². The van der Waals surface area contributed by atoms with Crippen molar-refractivity contribution in [3.8, 4) is 5.75 Å². The maximum Gasteiger partial charge on any atom is 0.150 e. The molecule has 1 saturated heterocycles. The minimum absolute atomic E-state index is 0.301. The maximum atomic E-state index is 5.76. The van der Waals surface area contributed by atoms with Gasteiger partial charge < -0.3 is 15.4 Å². The van der Waals surface area contributed by atoms with Crippen molar-refractivity contribution in [1.29, 1.82) is 0 Å². The molecule has 0 saturated carbocycles. The first kappa shape index (κ1) is 13.7. The molecule has 2 N–H and O–H groups in total. The van der Waals surface area contributed by atoms with E-state index in [2.05, 4.69) is 40.0 Å². The topological polar surface area (TPSA) is 64.3 Å². The highest BCUT2D eigenvalue weighted by atomic mass is 16.5. The Labute approximate surface area is 124 Å². The lowest BCUT2D eigenvalue weighted by atomic mass is 10.0. The molecule has 3 rings (SSSR count). The molecule has 2 aromatic rings. The Morgan fingerprint density at radius 1 is 1.33 bits per heavy atom. The molecular weight excluding hydrogens is 264 g/mol. The zero-order valence-corrected chi connectivity index (χ0v) is 12.4. The van der Waals surface area contributed by atoms with Crippen LogP contribution < -0.4 is 15.4 Å². The van der Waals surface area contributed by atoms with Gasteiger partial charge in [0.2, 0.25) is 0 Å². The molecule has 1 aromatic carbocycles. The predicted octanol–water partition coefficient (Wildman–Crippen LogP) is 2.72. The molecule has 1 unspecified atom stereocenters. The smallest absolute Gasteiger partial charge is 0.150 e. The SMILES string of the molecule is COc1cc(C2CCCN2c2cncc(N)n2)ccc1C. The van der Waals surface area contributed by atoms with Crippen LogP contribution in [0.25, 0.3) is 0 Å². The molecule has 5 heteroatoms. The van der Waals surface area contributed by atoms with Gasteiger partial charge in [-0.15, -0.1) is 0 Å². The Balaban J connectivity index is 1.94. The number of methoxy groups -OCH3 is 1. The van der Waals surface area contributed by atoms with Gasteiger partial charge in [-0.3, -0.25) is 4.98 Å². The summed E-state index contributed by atoms with van der Waals surface area (Å²) in [7, 11) is 1.71. The molecule has 1 aliphatic rings. The monoisotopic (exact) mass is 284 g/mol. The molecule has 1 aromatic heterocycles. The number of nitrogens with two attached hydrogens (primary N) is 1. The van der Waals surface area contributed by atoms with Crippen LogP contribution in [-0.4, -0.2) is 23.6 Å². The second-order valence-corrected chi connectivity index (χ2v) is 5.38. The minimum Gasteiger partial charge on any atom is -0.496 e. The summed E-state index contributed by atoms with van der Waals surface area (Å²) in [5, 5.41) is 0. The normalized spacial score (nSPS) is 18.0. The molecule has 110 valence electrons. The van der Waals surface area contributed by atoms with E-state index in [0.29, 0.717) is 11.9 Å². The van der Waals surface area contributed by atoms with Crippen LogP contribution in [0.15, 0.2) is 30.6 Å². The Bertz CT molecular complexity index is 644. The fraction of sp³-hybridized carbons (Fsp3) is 0.375. The van der Waals surface area contributed by atoms with Gasteiger partial charge >= 0.3 is 0 Å². The van der Waals surface area contributed by atoms with Gasteiger partial charge in [-0.05, 0) is 37.0 Å². The Kier molecular flexibility index (Phi) is 3.64. The quantitative estimate of drug-likeness (QED) is 0.939. The summed E-state index contributed by atoms with van der Waals surface area (Å²) in [6, 6.07) is 6.70. The number of ether oxygens (including phenoxy) is 1. The van der Waals surface area contributed by atoms with Crippen LogP contribution in [0.2, 0.25) is 0 Å². The van der Waals surface area contributed by atoms with Crippen molar-refractivity contribution in [1.82, 2.24) is 9.97 Å². The number of nitrogens with zero attached hydrogens (tertiary/aromatic N) is 3. The van der Waals surface area contributed by atoms with E-state index >= 15 is 0 Å². The minimum atomic E-state index is 0.301. The van der Waals surface area contributed by atoms with E-state index in [1.54, 1.807) is 19.5 Å². The fourth-order valence-electron chi connectivity index (χ4n) is 2.94. The second-order valence-electron chi connectivity index (χ2n) is 5.38. The van der Waals surface area contributed by atoms with Crippen LogP contribution in [-0.2, 0) is 0 Å². The number of anilines is 2. The van der Waals surface area contributed by atoms with E-state index in [1.165, 1.54) is 5.56 Å². The summed E-state index contributed by atoms with van der Waals surface area (Å²) in [6.45, 7) is 3.03. The van der Waals surface area contributed by atoms with E-state index in [4.69, 9.17) is 10.5 Å². The first-order valence-electron chi connectivity index (χ1n) is 7.17. The molecule has 0 spiro atoms. The second kappa shape index (κ2) is 5.60. The summed E-state index contributed by atoms with van der Waals surface area (Å²) >= 11 is 0. The zero-order valence-electron chi connectivity index (χ0n) is 12.4. The molecule has 1 fully saturated rings. The number of hydrogen-bond acceptors (Lipinski definition) is 5. The number of nitrogen functional groups attached to an aromatic ring is 1. The molecule has 0 radical (unpaired) electrons. The molecule has 0 aliphatic carbocycles. The number of rotatable bonds is 3. The summed E-state index contributed by atoms with van der Waals surface area (Å²) in [5.74, 6) is 2.23. The molecule has 21 heavy (non-hydrogen) atoms. The molecular formula is C16H20N4O. The van der Waals surface area contributed by atoms with Gasteiger partial charge in [0.1, 0.15) is 17.4 Å². The van der Waals surface area contributed by atoms with Crippen molar-refractivity contribution in [3.63, 3.8) is 0 Å². The molecule has 5 nitrogen and oxygen atoms in total. The lowest BCUT2D eigenvalue weighted by molar-refractivity contribution is 0.410. The van der Waals surface area contributed by atoms with Crippen LogP contribution in [0.3, 0.4) is 0 Å². The number of benzene rings is 1. The van der Waals surface area contributed by atoms with Gasteiger partial charge in [0.15, 0.2) is 0 Å². The van der Waals surface area contributed by atoms with Crippen LogP contribution in [0, 0.1) is 6.92 Å². The summed E-state index contributed by atoms with van der Waals surface area (Å²) in [6.07, 6.45) is 5.59. The van der Waals surface area contributed by atoms with Crippen molar-refractivity contribution in [3.05, 3.63) is 41.7 Å². The highest BCUT2D eigenvalue weighted by Crippen LogP contribution is 2.36. The van der Waals surface area contributed by atoms with Gasteiger partial charge in [0, 0.05) is 6.54 Å². The van der Waals surface area contributed by atoms with Crippen molar-refractivity contribution in [2.75, 3.05) is 24.3 Å². The van der Waals surface area contributed by atoms with E-state index in [-0.39, 0.29) is 0 Å². The average Bonchev–Trinajstić information content (AvgIpc) is 2.97. The third kappa shape index (κ3) is 2.63. The summed E-state index contributed by atoms with van der Waals surface area (Å²) in [5.41, 5.74) is 8.15. The summed E-state index contributed by atoms with van der Waals surface area (Å²) < 4.78 is 5.44. The van der Waals surface area contributed by atoms with Crippen molar-refractivity contribution >= 4 is 11.6 Å². The van der Waals surface area contributed by atoms with Gasteiger partial charge in [-0.1, -0.05) is 12.1 Å². The van der Waals surface area contributed by atoms with Crippen LogP contribution in [0.5, 0.6) is 5.75 Å². The number of aryl methyl sites for hydroxylation is 1. The Hall–Kier alpha value is -2.30. The number of aromatic nitrogens is 2. The van der Waals surface area contributed by atoms with Crippen molar-refractivity contribution < 1.29 is 4.74 Å². The third-order valence-electron chi connectivity index (χ3n) is 4.00. The first-order chi connectivity index (χ1) is 10.2. The highest BCUT2D eigenvalue weighted by molar-refractivity contribution is 5.47. The van der Waals surface area contributed by atoms with Crippen molar-refractivity contribution in [2.45, 2.75) is 25.8 Å². The molecule has 0 amide bonds. The van der Waals surface area contributed by atoms with Crippen LogP contribution in [0.1, 0.15) is 30.0 Å². The molecule has 2 heterocycles. The predicted molar refractivity (Wildman–Crippen MR) is 83.5 cm³/mol. The Morgan fingerprint density at radius 2 is 2.19 bits per heavy atom. The summed E-state index contributed by atoms with van der Waals surface area (Å²) in [4.78, 5) is 10.8. The maximum absolute atomic E-state index is 5.76. The van der Waals surface area contributed by atoms with Gasteiger partial charge in [0.05, 0.1) is 25.5 Å². The standard InChI is InChI=1S/C16H20N4O/c1-11-5-6-12(8-14(11)21-2)13-4-3-7-20(13)16-10-18-9-15(17)19-16/h5-6,8-10,13H,3-4,7H2,1-2H3,(H2,17,19). The average molecular weight is 284 g/mol. The van der Waals surface area contributed by atoms with E-state index in [1.807, 2.05) is 0 Å². The molecule has 1 atom stereocenters. The third-order valence-corrected chi connectivity index (χ3v) is 4.00. The highest BCUT2D eigenvalue weighted by Gasteiger charge is 2.27. The van der Waals surface area contributed by atoms with E-state index in [0.717, 1.165) is 36.5 Å². The van der Waals surface area contributed by atoms with Crippen LogP contribution >= 0.6 is 0 Å².